The highest BCUT2D eigenvalue weighted by molar-refractivity contribution is 6.47. The van der Waals surface area contributed by atoms with Gasteiger partial charge in [-0.25, -0.2) is 9.36 Å². The maximum Gasteiger partial charge on any atom is 0.547 e. The minimum atomic E-state index is -1.33. The number of nitrogens with two attached hydrogens (primary N) is 1. The number of para-hydroxylation sites is 1. The lowest BCUT2D eigenvalue weighted by molar-refractivity contribution is -0.674. The van der Waals surface area contributed by atoms with Gasteiger partial charge in [-0.2, -0.15) is 0 Å². The summed E-state index contributed by atoms with van der Waals surface area (Å²) in [4.78, 5) is 23.9. The molecule has 2 heterocycles. The Bertz CT molecular complexity index is 1150. The second-order valence-corrected chi connectivity index (χ2v) is 7.73. The normalized spacial score (nSPS) is 14.9. The minimum Gasteiger partial charge on any atom is -0.534 e. The van der Waals surface area contributed by atoms with Gasteiger partial charge in [0.15, 0.2) is 0 Å². The Morgan fingerprint density at radius 1 is 1.09 bits per heavy atom. The number of pyridine rings is 1. The largest absolute Gasteiger partial charge is 0.547 e. The smallest absolute Gasteiger partial charge is 0.534 e. The molecule has 1 aliphatic rings. The van der Waals surface area contributed by atoms with Crippen molar-refractivity contribution in [3.8, 4) is 5.75 Å². The van der Waals surface area contributed by atoms with Gasteiger partial charge in [0, 0.05) is 6.07 Å². The molecule has 0 aliphatic carbocycles. The fraction of sp³-hybridized carbons (Fsp3) is 0.174. The Morgan fingerprint density at radius 2 is 1.84 bits per heavy atom. The van der Waals surface area contributed by atoms with Gasteiger partial charge >= 0.3 is 13.1 Å². The van der Waals surface area contributed by atoms with Crippen molar-refractivity contribution in [3.05, 3.63) is 89.1 Å². The van der Waals surface area contributed by atoms with Crippen LogP contribution in [0.4, 0.5) is 5.82 Å². The molecule has 0 saturated heterocycles. The molecule has 0 unspecified atom stereocenters. The number of hydrogen-bond acceptors (Lipinski definition) is 5. The van der Waals surface area contributed by atoms with E-state index in [0.29, 0.717) is 17.9 Å². The van der Waals surface area contributed by atoms with Crippen molar-refractivity contribution in [1.29, 1.82) is 0 Å². The second-order valence-electron chi connectivity index (χ2n) is 7.73. The summed E-state index contributed by atoms with van der Waals surface area (Å²) < 4.78 is 7.35. The zero-order valence-electron chi connectivity index (χ0n) is 17.3. The molecule has 9 heteroatoms. The van der Waals surface area contributed by atoms with Crippen LogP contribution in [0, 0.1) is 0 Å². The number of nitrogens with one attached hydrogen (secondary N) is 1. The number of fused-ring (bicyclic) bond motifs is 1. The summed E-state index contributed by atoms with van der Waals surface area (Å²) in [5, 5.41) is 22.4. The van der Waals surface area contributed by atoms with Crippen molar-refractivity contribution < 1.29 is 28.9 Å². The van der Waals surface area contributed by atoms with Crippen molar-refractivity contribution in [2.75, 3.05) is 5.73 Å². The number of anilines is 1. The van der Waals surface area contributed by atoms with Gasteiger partial charge in [-0.05, 0) is 35.2 Å². The number of nitrogen functional groups attached to an aromatic ring is 1. The SMILES string of the molecule is Nc1cccc[n+]1Cc1ccc(CC(=O)N[C@H]2Cc3cccc(C(=O)O)c3OB2O)cc1. The lowest BCUT2D eigenvalue weighted by Gasteiger charge is -2.28. The molecule has 32 heavy (non-hydrogen) atoms. The number of carbonyl (C=O) groups excluding carboxylic acids is 1. The van der Waals surface area contributed by atoms with Gasteiger partial charge in [-0.3, -0.25) is 10.5 Å². The lowest BCUT2D eigenvalue weighted by atomic mass is 9.72. The summed E-state index contributed by atoms with van der Waals surface area (Å²) in [5.41, 5.74) is 8.47. The highest BCUT2D eigenvalue weighted by atomic mass is 16.5. The fourth-order valence-electron chi connectivity index (χ4n) is 3.75. The Morgan fingerprint density at radius 3 is 2.56 bits per heavy atom. The van der Waals surface area contributed by atoms with E-state index < -0.39 is 19.0 Å². The zero-order valence-corrected chi connectivity index (χ0v) is 17.3. The summed E-state index contributed by atoms with van der Waals surface area (Å²) in [6.45, 7) is 0.627. The third-order valence-corrected chi connectivity index (χ3v) is 5.41. The van der Waals surface area contributed by atoms with Crippen molar-refractivity contribution in [1.82, 2.24) is 5.32 Å². The van der Waals surface area contributed by atoms with E-state index in [1.807, 2.05) is 53.2 Å². The molecule has 0 fully saturated rings. The highest BCUT2D eigenvalue weighted by Crippen LogP contribution is 2.30. The van der Waals surface area contributed by atoms with E-state index >= 15 is 0 Å². The number of benzene rings is 2. The van der Waals surface area contributed by atoms with Gasteiger partial charge in [0.05, 0.1) is 24.1 Å². The average Bonchev–Trinajstić information content (AvgIpc) is 2.76. The summed E-state index contributed by atoms with van der Waals surface area (Å²) in [6.07, 6.45) is 2.33. The number of carbonyl (C=O) groups is 2. The molecule has 3 aromatic rings. The van der Waals surface area contributed by atoms with Crippen molar-refractivity contribution >= 4 is 24.8 Å². The number of rotatable bonds is 6. The molecular formula is C23H23BN3O5+. The summed E-state index contributed by atoms with van der Waals surface area (Å²) in [7, 11) is -1.33. The zero-order chi connectivity index (χ0) is 22.7. The third kappa shape index (κ3) is 4.73. The molecule has 4 rings (SSSR count). The van der Waals surface area contributed by atoms with E-state index in [1.165, 1.54) is 6.07 Å². The molecule has 1 aromatic heterocycles. The van der Waals surface area contributed by atoms with Crippen LogP contribution in [0.15, 0.2) is 66.9 Å². The summed E-state index contributed by atoms with van der Waals surface area (Å²) >= 11 is 0. The van der Waals surface area contributed by atoms with Crippen LogP contribution >= 0.6 is 0 Å². The molecule has 5 N–H and O–H groups in total. The fourth-order valence-corrected chi connectivity index (χ4v) is 3.75. The van der Waals surface area contributed by atoms with Gasteiger partial charge < -0.3 is 20.1 Å². The van der Waals surface area contributed by atoms with Crippen LogP contribution in [0.5, 0.6) is 5.75 Å². The first-order valence-electron chi connectivity index (χ1n) is 10.2. The molecule has 2 aromatic carbocycles. The van der Waals surface area contributed by atoms with E-state index in [4.69, 9.17) is 10.4 Å². The standard InChI is InChI=1S/C23H22BN3O5/c25-20-6-1-2-11-27(20)14-16-9-7-15(8-10-16)12-21(28)26-19-13-17-4-3-5-18(23(29)30)22(17)32-24(19)31/h1-11,19,25,31H,12-14H2,(H2,26,28,29,30)/p+1/t19-/m0/s1. The van der Waals surface area contributed by atoms with Crippen molar-refractivity contribution in [2.45, 2.75) is 25.3 Å². The van der Waals surface area contributed by atoms with Gasteiger partial charge in [-0.1, -0.05) is 42.5 Å². The molecule has 0 saturated carbocycles. The first kappa shape index (κ1) is 21.4. The van der Waals surface area contributed by atoms with Gasteiger partial charge in [-0.15, -0.1) is 0 Å². The van der Waals surface area contributed by atoms with Crippen LogP contribution in [0.25, 0.3) is 0 Å². The molecule has 0 spiro atoms. The summed E-state index contributed by atoms with van der Waals surface area (Å²) in [5.74, 6) is -1.25. The number of amides is 1. The van der Waals surface area contributed by atoms with Crippen LogP contribution in [-0.4, -0.2) is 35.1 Å². The first-order chi connectivity index (χ1) is 15.4. The lowest BCUT2D eigenvalue weighted by Crippen LogP contribution is -2.53. The number of aromatic nitrogens is 1. The van der Waals surface area contributed by atoms with E-state index in [9.17, 15) is 19.7 Å². The number of carboxylic acids is 1. The first-order valence-corrected chi connectivity index (χ1v) is 10.2. The Hall–Kier alpha value is -3.85. The van der Waals surface area contributed by atoms with Crippen molar-refractivity contribution in [3.63, 3.8) is 0 Å². The van der Waals surface area contributed by atoms with E-state index in [2.05, 4.69) is 5.32 Å². The van der Waals surface area contributed by atoms with Gasteiger partial charge in [0.2, 0.25) is 5.91 Å². The van der Waals surface area contributed by atoms with Gasteiger partial charge in [0.1, 0.15) is 12.3 Å². The minimum absolute atomic E-state index is 0.0122. The molecule has 1 atom stereocenters. The maximum atomic E-state index is 12.5. The number of carboxylic acid groups (broad SMARTS) is 1. The topological polar surface area (TPSA) is 126 Å². The highest BCUT2D eigenvalue weighted by Gasteiger charge is 2.37. The quantitative estimate of drug-likeness (QED) is 0.340. The van der Waals surface area contributed by atoms with Crippen molar-refractivity contribution in [2.24, 2.45) is 0 Å². The van der Waals surface area contributed by atoms with Gasteiger partial charge in [0.25, 0.3) is 5.82 Å². The number of hydrogen-bond donors (Lipinski definition) is 4. The number of aromatic carboxylic acids is 1. The molecule has 1 amide bonds. The Kier molecular flexibility index (Phi) is 6.09. The van der Waals surface area contributed by atoms with E-state index in [-0.39, 0.29) is 30.1 Å². The van der Waals surface area contributed by atoms with Crippen LogP contribution in [-0.2, 0) is 24.2 Å². The third-order valence-electron chi connectivity index (χ3n) is 5.41. The van der Waals surface area contributed by atoms with Crippen LogP contribution in [0.2, 0.25) is 0 Å². The Labute approximate surface area is 185 Å². The molecular weight excluding hydrogens is 409 g/mol. The Balaban J connectivity index is 1.37. The van der Waals surface area contributed by atoms with E-state index in [0.717, 1.165) is 11.1 Å². The maximum absolute atomic E-state index is 12.5. The second kappa shape index (κ2) is 9.11. The predicted molar refractivity (Wildman–Crippen MR) is 118 cm³/mol. The summed E-state index contributed by atoms with van der Waals surface area (Å²) in [6, 6.07) is 18.1. The predicted octanol–water partition coefficient (Wildman–Crippen LogP) is 0.985. The molecule has 8 nitrogen and oxygen atoms in total. The molecule has 0 bridgehead atoms. The average molecular weight is 432 g/mol. The van der Waals surface area contributed by atoms with Crippen LogP contribution in [0.3, 0.4) is 0 Å². The molecule has 162 valence electrons. The monoisotopic (exact) mass is 432 g/mol. The molecule has 0 radical (unpaired) electrons. The van der Waals surface area contributed by atoms with Crippen LogP contribution < -0.4 is 20.3 Å². The number of nitrogens with zero attached hydrogens (tertiary/aromatic N) is 1. The van der Waals surface area contributed by atoms with Crippen LogP contribution in [0.1, 0.15) is 27.0 Å². The molecule has 1 aliphatic heterocycles. The van der Waals surface area contributed by atoms with E-state index in [1.54, 1.807) is 12.1 Å².